The quantitative estimate of drug-likeness (QED) is 0.275. The molecule has 6 rings (SSSR count). The Labute approximate surface area is 213 Å². The highest BCUT2D eigenvalue weighted by atomic mass is 16.2. The van der Waals surface area contributed by atoms with E-state index >= 15 is 0 Å². The van der Waals surface area contributed by atoms with Crippen molar-refractivity contribution in [2.45, 2.75) is 62.9 Å². The van der Waals surface area contributed by atoms with Crippen molar-refractivity contribution in [2.75, 3.05) is 6.54 Å². The number of nitrogen functional groups attached to an aromatic ring is 1. The van der Waals surface area contributed by atoms with Gasteiger partial charge in [0.05, 0.1) is 0 Å². The van der Waals surface area contributed by atoms with Gasteiger partial charge in [0, 0.05) is 24.1 Å². The Balaban J connectivity index is 1.24. The zero-order valence-corrected chi connectivity index (χ0v) is 20.8. The first kappa shape index (κ1) is 24.3. The molecule has 1 atom stereocenters. The first-order valence-corrected chi connectivity index (χ1v) is 13.2. The number of nitrogens with two attached hydrogens (primary N) is 1. The summed E-state index contributed by atoms with van der Waals surface area (Å²) < 4.78 is 0. The summed E-state index contributed by atoms with van der Waals surface area (Å²) in [5.74, 6) is 2.00. The normalized spacial score (nSPS) is 26.7. The molecule has 0 aromatic heterocycles. The van der Waals surface area contributed by atoms with Crippen LogP contribution < -0.4 is 21.7 Å². The van der Waals surface area contributed by atoms with Gasteiger partial charge in [-0.1, -0.05) is 54.6 Å². The minimum Gasteiger partial charge on any atom is -0.384 e. The Bertz CT molecular complexity index is 1060. The molecule has 0 spiro atoms. The van der Waals surface area contributed by atoms with Crippen LogP contribution in [0.5, 0.6) is 0 Å². The van der Waals surface area contributed by atoms with Crippen molar-refractivity contribution in [3.63, 3.8) is 0 Å². The van der Waals surface area contributed by atoms with Gasteiger partial charge in [0.1, 0.15) is 11.9 Å². The number of hydrogen-bond acceptors (Lipinski definition) is 3. The van der Waals surface area contributed by atoms with Crippen LogP contribution in [0.2, 0.25) is 0 Å². The summed E-state index contributed by atoms with van der Waals surface area (Å²) >= 11 is 0. The van der Waals surface area contributed by atoms with E-state index in [1.807, 2.05) is 42.5 Å². The largest absolute Gasteiger partial charge is 0.384 e. The number of amides is 3. The number of hydrogen-bond donors (Lipinski definition) is 5. The lowest BCUT2D eigenvalue weighted by Gasteiger charge is -2.56. The standard InChI is InChI=1S/C29H37N5O2/c30-26(31)24-8-6-20(7-9-24)15-25(27(35)32-11-10-19-4-2-1-3-5-19)33-28(36)34-29-16-21-12-22(17-29)14-23(13-21)18-29/h1-9,21-23,25H,10-18H2,(H3,30,31)(H,32,35)(H2,33,34,36)/t21?,22?,23?,25-,29?/m1/s1. The molecule has 4 bridgehead atoms. The molecule has 3 amide bonds. The van der Waals surface area contributed by atoms with Gasteiger partial charge in [-0.25, -0.2) is 4.79 Å². The summed E-state index contributed by atoms with van der Waals surface area (Å²) in [6.45, 7) is 0.501. The van der Waals surface area contributed by atoms with Crippen molar-refractivity contribution in [3.05, 3.63) is 71.3 Å². The second-order valence-electron chi connectivity index (χ2n) is 11.2. The molecule has 2 aromatic rings. The van der Waals surface area contributed by atoms with Gasteiger partial charge in [0.25, 0.3) is 0 Å². The van der Waals surface area contributed by atoms with Crippen molar-refractivity contribution in [1.29, 1.82) is 5.41 Å². The molecule has 0 unspecified atom stereocenters. The van der Waals surface area contributed by atoms with Crippen molar-refractivity contribution in [2.24, 2.45) is 23.5 Å². The highest BCUT2D eigenvalue weighted by Gasteiger charge is 2.51. The third kappa shape index (κ3) is 5.72. The van der Waals surface area contributed by atoms with Crippen molar-refractivity contribution < 1.29 is 9.59 Å². The molecule has 4 fully saturated rings. The Hall–Kier alpha value is -3.35. The molecular formula is C29H37N5O2. The van der Waals surface area contributed by atoms with Crippen molar-refractivity contribution in [1.82, 2.24) is 16.0 Å². The average Bonchev–Trinajstić information content (AvgIpc) is 2.83. The van der Waals surface area contributed by atoms with Crippen molar-refractivity contribution in [3.8, 4) is 0 Å². The van der Waals surface area contributed by atoms with Crippen LogP contribution in [0.15, 0.2) is 54.6 Å². The summed E-state index contributed by atoms with van der Waals surface area (Å²) in [4.78, 5) is 26.4. The molecule has 4 aliphatic rings. The Morgan fingerprint density at radius 2 is 1.53 bits per heavy atom. The summed E-state index contributed by atoms with van der Waals surface area (Å²) in [6, 6.07) is 16.4. The maximum absolute atomic E-state index is 13.2. The molecule has 7 nitrogen and oxygen atoms in total. The van der Waals surface area contributed by atoms with Gasteiger partial charge < -0.3 is 21.7 Å². The van der Waals surface area contributed by atoms with Gasteiger partial charge in [-0.15, -0.1) is 0 Å². The minimum absolute atomic E-state index is 0.00447. The second kappa shape index (κ2) is 10.3. The molecule has 4 saturated carbocycles. The van der Waals surface area contributed by atoms with Crippen LogP contribution in [0.25, 0.3) is 0 Å². The number of amidine groups is 1. The molecule has 7 heteroatoms. The van der Waals surface area contributed by atoms with Crippen molar-refractivity contribution >= 4 is 17.8 Å². The molecule has 0 heterocycles. The van der Waals surface area contributed by atoms with Crippen LogP contribution in [0, 0.1) is 23.2 Å². The van der Waals surface area contributed by atoms with Crippen LogP contribution in [0.4, 0.5) is 4.79 Å². The Morgan fingerprint density at radius 3 is 2.11 bits per heavy atom. The van der Waals surface area contributed by atoms with E-state index < -0.39 is 6.04 Å². The number of benzene rings is 2. The maximum atomic E-state index is 13.2. The third-order valence-electron chi connectivity index (χ3n) is 8.30. The van der Waals surface area contributed by atoms with Crippen LogP contribution in [0.1, 0.15) is 55.2 Å². The summed E-state index contributed by atoms with van der Waals surface area (Å²) in [6.07, 6.45) is 8.21. The molecule has 0 aliphatic heterocycles. The second-order valence-corrected chi connectivity index (χ2v) is 11.2. The van der Waals surface area contributed by atoms with E-state index in [4.69, 9.17) is 11.1 Å². The molecule has 36 heavy (non-hydrogen) atoms. The number of nitrogens with one attached hydrogen (secondary N) is 4. The molecule has 2 aromatic carbocycles. The van der Waals surface area contributed by atoms with E-state index in [0.29, 0.717) is 18.5 Å². The van der Waals surface area contributed by atoms with E-state index in [2.05, 4.69) is 16.0 Å². The SMILES string of the molecule is N=C(N)c1ccc(C[C@@H](NC(=O)NC23CC4CC(CC(C4)C2)C3)C(=O)NCCc2ccccc2)cc1. The third-order valence-corrected chi connectivity index (χ3v) is 8.30. The average molecular weight is 488 g/mol. The number of carbonyl (C=O) groups excluding carboxylic acids is 2. The number of rotatable bonds is 9. The predicted octanol–water partition coefficient (Wildman–Crippen LogP) is 3.51. The number of carbonyl (C=O) groups is 2. The van der Waals surface area contributed by atoms with Gasteiger partial charge in [0.2, 0.25) is 5.91 Å². The van der Waals surface area contributed by atoms with E-state index in [1.54, 1.807) is 12.1 Å². The maximum Gasteiger partial charge on any atom is 0.315 e. The van der Waals surface area contributed by atoms with E-state index in [1.165, 1.54) is 19.3 Å². The van der Waals surface area contributed by atoms with Gasteiger partial charge in [-0.05, 0) is 73.8 Å². The van der Waals surface area contributed by atoms with E-state index in [-0.39, 0.29) is 23.3 Å². The fourth-order valence-electron chi connectivity index (χ4n) is 7.06. The first-order chi connectivity index (χ1) is 17.4. The predicted molar refractivity (Wildman–Crippen MR) is 141 cm³/mol. The van der Waals surface area contributed by atoms with E-state index in [0.717, 1.165) is 54.6 Å². The first-order valence-electron chi connectivity index (χ1n) is 13.2. The van der Waals surface area contributed by atoms with Crippen LogP contribution in [-0.4, -0.2) is 35.9 Å². The summed E-state index contributed by atoms with van der Waals surface area (Å²) in [5.41, 5.74) is 8.15. The Kier molecular flexibility index (Phi) is 6.99. The zero-order valence-electron chi connectivity index (χ0n) is 20.8. The lowest BCUT2D eigenvalue weighted by atomic mass is 9.53. The summed E-state index contributed by atoms with van der Waals surface area (Å²) in [7, 11) is 0. The highest BCUT2D eigenvalue weighted by Crippen LogP contribution is 2.55. The molecule has 4 aliphatic carbocycles. The van der Waals surface area contributed by atoms with Gasteiger partial charge in [-0.2, -0.15) is 0 Å². The molecule has 6 N–H and O–H groups in total. The van der Waals surface area contributed by atoms with Gasteiger partial charge >= 0.3 is 6.03 Å². The molecule has 0 saturated heterocycles. The molecule has 190 valence electrons. The number of urea groups is 1. The smallest absolute Gasteiger partial charge is 0.315 e. The zero-order chi connectivity index (χ0) is 25.1. The lowest BCUT2D eigenvalue weighted by molar-refractivity contribution is -0.122. The van der Waals surface area contributed by atoms with Crippen LogP contribution in [-0.2, 0) is 17.6 Å². The molecule has 0 radical (unpaired) electrons. The fraction of sp³-hybridized carbons (Fsp3) is 0.483. The van der Waals surface area contributed by atoms with Crippen LogP contribution >= 0.6 is 0 Å². The van der Waals surface area contributed by atoms with Gasteiger partial charge in [-0.3, -0.25) is 10.2 Å². The lowest BCUT2D eigenvalue weighted by Crippen LogP contribution is -2.63. The minimum atomic E-state index is -0.696. The van der Waals surface area contributed by atoms with Gasteiger partial charge in [0.15, 0.2) is 0 Å². The van der Waals surface area contributed by atoms with E-state index in [9.17, 15) is 9.59 Å². The highest BCUT2D eigenvalue weighted by molar-refractivity contribution is 5.95. The summed E-state index contributed by atoms with van der Waals surface area (Å²) in [5, 5.41) is 16.9. The Morgan fingerprint density at radius 1 is 0.917 bits per heavy atom. The van der Waals surface area contributed by atoms with Crippen LogP contribution in [0.3, 0.4) is 0 Å². The monoisotopic (exact) mass is 487 g/mol. The fourth-order valence-corrected chi connectivity index (χ4v) is 7.06. The topological polar surface area (TPSA) is 120 Å². The molecular weight excluding hydrogens is 450 g/mol.